The van der Waals surface area contributed by atoms with Gasteiger partial charge in [0, 0.05) is 19.3 Å². The van der Waals surface area contributed by atoms with Crippen molar-refractivity contribution in [3.63, 3.8) is 0 Å². The van der Waals surface area contributed by atoms with Gasteiger partial charge in [-0.25, -0.2) is 9.78 Å². The van der Waals surface area contributed by atoms with Crippen LogP contribution >= 0.6 is 0 Å². The second kappa shape index (κ2) is 10.8. The van der Waals surface area contributed by atoms with Crippen LogP contribution in [0.1, 0.15) is 24.0 Å². The Morgan fingerprint density at radius 1 is 0.919 bits per heavy atom. The summed E-state index contributed by atoms with van der Waals surface area (Å²) in [4.78, 5) is 46.0. The van der Waals surface area contributed by atoms with E-state index >= 15 is 0 Å². The molecular weight excluding hydrogens is 468 g/mol. The number of hydrogen-bond acceptors (Lipinski definition) is 5. The van der Waals surface area contributed by atoms with Crippen molar-refractivity contribution < 1.29 is 9.53 Å². The number of fused-ring (bicyclic) bond motifs is 1. The molecule has 1 saturated heterocycles. The molecule has 190 valence electrons. The summed E-state index contributed by atoms with van der Waals surface area (Å²) in [6.45, 7) is 1.26. The van der Waals surface area contributed by atoms with E-state index in [1.807, 2.05) is 23.1 Å². The molecule has 2 aromatic heterocycles. The van der Waals surface area contributed by atoms with Gasteiger partial charge in [0.15, 0.2) is 5.52 Å². The summed E-state index contributed by atoms with van der Waals surface area (Å²) >= 11 is 0. The number of likely N-dealkylation sites (tertiary alicyclic amines) is 1. The quantitative estimate of drug-likeness (QED) is 0.391. The number of ether oxygens (including phenoxy) is 1. The van der Waals surface area contributed by atoms with Crippen LogP contribution in [0, 0.1) is 5.92 Å². The molecule has 8 heteroatoms. The SMILES string of the molecule is COc1ccc(Cn2c(=O)c3ncccc3n(CC(=O)N3CCC(Cc4ccccc4)CC3)c2=O)cc1. The summed E-state index contributed by atoms with van der Waals surface area (Å²) in [5.41, 5.74) is 1.64. The normalized spacial score (nSPS) is 14.1. The predicted octanol–water partition coefficient (Wildman–Crippen LogP) is 3.10. The van der Waals surface area contributed by atoms with E-state index in [2.05, 4.69) is 29.2 Å². The lowest BCUT2D eigenvalue weighted by Gasteiger charge is -2.32. The summed E-state index contributed by atoms with van der Waals surface area (Å²) in [5.74, 6) is 1.09. The van der Waals surface area contributed by atoms with Gasteiger partial charge in [-0.05, 0) is 60.6 Å². The first-order valence-corrected chi connectivity index (χ1v) is 12.6. The number of hydrogen-bond donors (Lipinski definition) is 0. The molecule has 8 nitrogen and oxygen atoms in total. The first-order valence-electron chi connectivity index (χ1n) is 12.6. The number of nitrogens with zero attached hydrogens (tertiary/aromatic N) is 4. The van der Waals surface area contributed by atoms with Crippen molar-refractivity contribution in [2.45, 2.75) is 32.4 Å². The number of piperidine rings is 1. The zero-order valence-electron chi connectivity index (χ0n) is 20.9. The number of carbonyl (C=O) groups excluding carboxylic acids is 1. The van der Waals surface area contributed by atoms with Crippen molar-refractivity contribution in [3.8, 4) is 5.75 Å². The third kappa shape index (κ3) is 5.33. The highest BCUT2D eigenvalue weighted by Crippen LogP contribution is 2.22. The van der Waals surface area contributed by atoms with Crippen LogP contribution in [0.2, 0.25) is 0 Å². The zero-order chi connectivity index (χ0) is 25.8. The maximum Gasteiger partial charge on any atom is 0.332 e. The van der Waals surface area contributed by atoms with Crippen molar-refractivity contribution >= 4 is 16.9 Å². The molecule has 0 bridgehead atoms. The molecule has 3 heterocycles. The standard InChI is InChI=1S/C29H30N4O4/c1-37-24-11-9-23(10-12-24)19-33-28(35)27-25(8-5-15-30-27)32(29(33)36)20-26(34)31-16-13-22(14-17-31)18-21-6-3-2-4-7-21/h2-12,15,22H,13-14,16-20H2,1H3. The minimum absolute atomic E-state index is 0.0766. The van der Waals surface area contributed by atoms with Crippen molar-refractivity contribution in [1.29, 1.82) is 0 Å². The first kappa shape index (κ1) is 24.5. The van der Waals surface area contributed by atoms with E-state index in [-0.39, 0.29) is 24.5 Å². The van der Waals surface area contributed by atoms with Crippen molar-refractivity contribution in [2.75, 3.05) is 20.2 Å². The van der Waals surface area contributed by atoms with E-state index in [9.17, 15) is 14.4 Å². The van der Waals surface area contributed by atoms with Crippen molar-refractivity contribution in [1.82, 2.24) is 19.0 Å². The second-order valence-electron chi connectivity index (χ2n) is 9.49. The maximum atomic E-state index is 13.5. The van der Waals surface area contributed by atoms with Crippen LogP contribution in [-0.2, 0) is 24.3 Å². The molecule has 0 atom stereocenters. The predicted molar refractivity (Wildman–Crippen MR) is 142 cm³/mol. The summed E-state index contributed by atoms with van der Waals surface area (Å²) in [6, 6.07) is 20.9. The largest absolute Gasteiger partial charge is 0.497 e. The Bertz CT molecular complexity index is 1500. The molecule has 2 aromatic carbocycles. The molecule has 0 unspecified atom stereocenters. The molecule has 5 rings (SSSR count). The molecule has 0 radical (unpaired) electrons. The molecule has 37 heavy (non-hydrogen) atoms. The number of rotatable bonds is 7. The van der Waals surface area contributed by atoms with Gasteiger partial charge in [-0.1, -0.05) is 42.5 Å². The molecule has 1 aliphatic rings. The van der Waals surface area contributed by atoms with Gasteiger partial charge in [0.2, 0.25) is 5.91 Å². The highest BCUT2D eigenvalue weighted by molar-refractivity contribution is 5.79. The van der Waals surface area contributed by atoms with Crippen molar-refractivity contribution in [3.05, 3.63) is 105 Å². The highest BCUT2D eigenvalue weighted by atomic mass is 16.5. The van der Waals surface area contributed by atoms with E-state index in [1.54, 1.807) is 31.4 Å². The van der Waals surface area contributed by atoms with Crippen LogP contribution < -0.4 is 16.0 Å². The van der Waals surface area contributed by atoms with E-state index in [0.29, 0.717) is 30.3 Å². The number of benzene rings is 2. The van der Waals surface area contributed by atoms with Crippen molar-refractivity contribution in [2.24, 2.45) is 5.92 Å². The Balaban J connectivity index is 1.36. The highest BCUT2D eigenvalue weighted by Gasteiger charge is 2.25. The number of carbonyl (C=O) groups is 1. The van der Waals surface area contributed by atoms with Gasteiger partial charge in [-0.15, -0.1) is 0 Å². The Morgan fingerprint density at radius 2 is 1.65 bits per heavy atom. The lowest BCUT2D eigenvalue weighted by atomic mass is 9.90. The minimum atomic E-state index is -0.520. The lowest BCUT2D eigenvalue weighted by Crippen LogP contribution is -2.45. The number of pyridine rings is 1. The van der Waals surface area contributed by atoms with Crippen LogP contribution in [-0.4, -0.2) is 45.1 Å². The van der Waals surface area contributed by atoms with E-state index < -0.39 is 11.2 Å². The van der Waals surface area contributed by atoms with Gasteiger partial charge < -0.3 is 9.64 Å². The Labute approximate surface area is 214 Å². The van der Waals surface area contributed by atoms with Gasteiger partial charge in [-0.3, -0.25) is 18.7 Å². The zero-order valence-corrected chi connectivity index (χ0v) is 20.9. The fourth-order valence-corrected chi connectivity index (χ4v) is 5.02. The third-order valence-electron chi connectivity index (χ3n) is 7.11. The molecule has 0 aliphatic carbocycles. The molecule has 0 saturated carbocycles. The van der Waals surface area contributed by atoms with Crippen LogP contribution in [0.4, 0.5) is 0 Å². The fraction of sp³-hybridized carbons (Fsp3) is 0.310. The molecule has 0 spiro atoms. The maximum absolute atomic E-state index is 13.5. The van der Waals surface area contributed by atoms with E-state index in [1.165, 1.54) is 16.3 Å². The van der Waals surface area contributed by atoms with E-state index in [4.69, 9.17) is 4.74 Å². The summed E-state index contributed by atoms with van der Waals surface area (Å²) < 4.78 is 7.72. The molecule has 4 aromatic rings. The summed E-state index contributed by atoms with van der Waals surface area (Å²) in [7, 11) is 1.58. The summed E-state index contributed by atoms with van der Waals surface area (Å²) in [6.07, 6.45) is 4.38. The van der Waals surface area contributed by atoms with Gasteiger partial charge in [0.25, 0.3) is 5.56 Å². The Kier molecular flexibility index (Phi) is 7.16. The third-order valence-corrected chi connectivity index (χ3v) is 7.11. The fourth-order valence-electron chi connectivity index (χ4n) is 5.02. The molecule has 1 aliphatic heterocycles. The molecular formula is C29H30N4O4. The molecule has 1 fully saturated rings. The average molecular weight is 499 g/mol. The number of aromatic nitrogens is 3. The monoisotopic (exact) mass is 498 g/mol. The Hall–Kier alpha value is -4.20. The van der Waals surface area contributed by atoms with Gasteiger partial charge in [-0.2, -0.15) is 0 Å². The number of methoxy groups -OCH3 is 1. The van der Waals surface area contributed by atoms with E-state index in [0.717, 1.165) is 29.4 Å². The second-order valence-corrected chi connectivity index (χ2v) is 9.49. The van der Waals surface area contributed by atoms with Crippen LogP contribution in [0.3, 0.4) is 0 Å². The molecule has 1 amide bonds. The van der Waals surface area contributed by atoms with Gasteiger partial charge >= 0.3 is 5.69 Å². The topological polar surface area (TPSA) is 86.4 Å². The average Bonchev–Trinajstić information content (AvgIpc) is 2.94. The number of amides is 1. The van der Waals surface area contributed by atoms with Crippen LogP contribution in [0.25, 0.3) is 11.0 Å². The summed E-state index contributed by atoms with van der Waals surface area (Å²) in [5, 5.41) is 0. The lowest BCUT2D eigenvalue weighted by molar-refractivity contribution is -0.133. The first-order chi connectivity index (χ1) is 18.0. The smallest absolute Gasteiger partial charge is 0.332 e. The molecule has 0 N–H and O–H groups in total. The minimum Gasteiger partial charge on any atom is -0.497 e. The van der Waals surface area contributed by atoms with Gasteiger partial charge in [0.1, 0.15) is 12.3 Å². The van der Waals surface area contributed by atoms with Crippen LogP contribution in [0.5, 0.6) is 5.75 Å². The van der Waals surface area contributed by atoms with Crippen LogP contribution in [0.15, 0.2) is 82.5 Å². The Morgan fingerprint density at radius 3 is 2.35 bits per heavy atom. The van der Waals surface area contributed by atoms with Gasteiger partial charge in [0.05, 0.1) is 19.2 Å².